The van der Waals surface area contributed by atoms with Gasteiger partial charge in [-0.05, 0) is 37.3 Å². The van der Waals surface area contributed by atoms with Crippen molar-refractivity contribution in [1.29, 1.82) is 0 Å². The molecule has 132 valence electrons. The van der Waals surface area contributed by atoms with Crippen LogP contribution in [0, 0.1) is 0 Å². The van der Waals surface area contributed by atoms with E-state index in [0.29, 0.717) is 43.3 Å². The fourth-order valence-electron chi connectivity index (χ4n) is 2.69. The van der Waals surface area contributed by atoms with Crippen LogP contribution in [0.4, 0.5) is 5.69 Å². The summed E-state index contributed by atoms with van der Waals surface area (Å²) >= 11 is 0. The van der Waals surface area contributed by atoms with Crippen LogP contribution >= 0.6 is 0 Å². The van der Waals surface area contributed by atoms with Crippen molar-refractivity contribution in [3.63, 3.8) is 0 Å². The molecule has 1 saturated heterocycles. The van der Waals surface area contributed by atoms with Crippen molar-refractivity contribution in [2.24, 2.45) is 0 Å². The smallest absolute Gasteiger partial charge is 0.259 e. The lowest BCUT2D eigenvalue weighted by Gasteiger charge is -2.25. The van der Waals surface area contributed by atoms with E-state index in [9.17, 15) is 9.59 Å². The van der Waals surface area contributed by atoms with E-state index in [0.717, 1.165) is 12.3 Å². The highest BCUT2D eigenvalue weighted by Crippen LogP contribution is 2.19. The maximum Gasteiger partial charge on any atom is 0.259 e. The Hall–Kier alpha value is -2.80. The Bertz CT molecular complexity index is 739. The molecule has 3 rings (SSSR count). The summed E-state index contributed by atoms with van der Waals surface area (Å²) in [6.07, 6.45) is 1.49. The molecule has 0 saturated carbocycles. The van der Waals surface area contributed by atoms with Gasteiger partial charge in [-0.25, -0.2) is 0 Å². The van der Waals surface area contributed by atoms with Crippen LogP contribution < -0.4 is 15.4 Å². The topological polar surface area (TPSA) is 83.8 Å². The summed E-state index contributed by atoms with van der Waals surface area (Å²) in [7, 11) is 0. The Labute approximate surface area is 145 Å². The maximum atomic E-state index is 12.5. The summed E-state index contributed by atoms with van der Waals surface area (Å²) < 4.78 is 10.8. The van der Waals surface area contributed by atoms with Crippen LogP contribution in [0.1, 0.15) is 23.0 Å². The Morgan fingerprint density at radius 3 is 2.84 bits per heavy atom. The van der Waals surface area contributed by atoms with Crippen molar-refractivity contribution >= 4 is 17.5 Å². The highest BCUT2D eigenvalue weighted by molar-refractivity contribution is 6.05. The van der Waals surface area contributed by atoms with Crippen molar-refractivity contribution in [1.82, 2.24) is 10.2 Å². The molecule has 1 aliphatic rings. The minimum Gasteiger partial charge on any atom is -0.494 e. The molecular weight excluding hydrogens is 322 g/mol. The fourth-order valence-corrected chi connectivity index (χ4v) is 2.69. The van der Waals surface area contributed by atoms with Gasteiger partial charge in [0, 0.05) is 18.8 Å². The molecule has 2 amide bonds. The van der Waals surface area contributed by atoms with E-state index in [4.69, 9.17) is 9.15 Å². The van der Waals surface area contributed by atoms with Gasteiger partial charge in [0.1, 0.15) is 11.5 Å². The third kappa shape index (κ3) is 4.39. The first kappa shape index (κ1) is 17.0. The number of hydrogen-bond acceptors (Lipinski definition) is 5. The number of carbonyl (C=O) groups excluding carboxylic acids is 2. The van der Waals surface area contributed by atoms with Crippen LogP contribution in [0.3, 0.4) is 0 Å². The number of furan rings is 1. The molecule has 1 aromatic carbocycles. The van der Waals surface area contributed by atoms with Gasteiger partial charge in [-0.3, -0.25) is 14.5 Å². The molecule has 2 heterocycles. The maximum absolute atomic E-state index is 12.5. The highest BCUT2D eigenvalue weighted by atomic mass is 16.5. The predicted octanol–water partition coefficient (Wildman–Crippen LogP) is 1.86. The normalized spacial score (nSPS) is 14.8. The third-order valence-corrected chi connectivity index (χ3v) is 3.90. The molecule has 7 nitrogen and oxygen atoms in total. The molecule has 7 heteroatoms. The highest BCUT2D eigenvalue weighted by Gasteiger charge is 2.21. The lowest BCUT2D eigenvalue weighted by molar-refractivity contribution is -0.124. The van der Waals surface area contributed by atoms with Crippen LogP contribution in [-0.4, -0.2) is 43.0 Å². The summed E-state index contributed by atoms with van der Waals surface area (Å²) in [6.45, 7) is 4.58. The quantitative estimate of drug-likeness (QED) is 0.836. The van der Waals surface area contributed by atoms with Gasteiger partial charge >= 0.3 is 0 Å². The van der Waals surface area contributed by atoms with E-state index in [1.165, 1.54) is 6.26 Å². The van der Waals surface area contributed by atoms with Gasteiger partial charge in [0.2, 0.25) is 5.91 Å². The number of benzene rings is 1. The first-order valence-electron chi connectivity index (χ1n) is 8.25. The number of ether oxygens (including phenoxy) is 1. The number of hydrogen-bond donors (Lipinski definition) is 2. The number of nitrogens with one attached hydrogen (secondary N) is 2. The monoisotopic (exact) mass is 343 g/mol. The number of anilines is 1. The number of piperazine rings is 1. The van der Waals surface area contributed by atoms with Gasteiger partial charge in [0.15, 0.2) is 0 Å². The van der Waals surface area contributed by atoms with Gasteiger partial charge in [-0.15, -0.1) is 0 Å². The van der Waals surface area contributed by atoms with Crippen molar-refractivity contribution in [2.75, 3.05) is 31.6 Å². The molecule has 0 unspecified atom stereocenters. The first-order chi connectivity index (χ1) is 12.2. The predicted molar refractivity (Wildman–Crippen MR) is 92.6 cm³/mol. The Morgan fingerprint density at radius 1 is 1.32 bits per heavy atom. The molecule has 0 bridgehead atoms. The molecular formula is C18H21N3O4. The molecule has 1 aliphatic heterocycles. The van der Waals surface area contributed by atoms with Gasteiger partial charge < -0.3 is 19.8 Å². The Morgan fingerprint density at radius 2 is 2.12 bits per heavy atom. The first-order valence-corrected chi connectivity index (χ1v) is 8.25. The van der Waals surface area contributed by atoms with E-state index >= 15 is 0 Å². The minimum absolute atomic E-state index is 0.0156. The second-order valence-corrected chi connectivity index (χ2v) is 5.73. The zero-order valence-corrected chi connectivity index (χ0v) is 14.1. The third-order valence-electron chi connectivity index (χ3n) is 3.90. The summed E-state index contributed by atoms with van der Waals surface area (Å²) in [4.78, 5) is 25.9. The standard InChI is InChI=1S/C18H21N3O4/c1-2-24-14-5-3-13(4-6-14)20-18(23)15-7-10-25-16(15)11-21-9-8-19-17(22)12-21/h3-7,10H,2,8-9,11-12H2,1H3,(H,19,22)(H,20,23). The molecule has 25 heavy (non-hydrogen) atoms. The summed E-state index contributed by atoms with van der Waals surface area (Å²) in [5, 5.41) is 5.62. The molecule has 1 fully saturated rings. The number of amides is 2. The zero-order valence-electron chi connectivity index (χ0n) is 14.1. The largest absolute Gasteiger partial charge is 0.494 e. The summed E-state index contributed by atoms with van der Waals surface area (Å²) in [5.41, 5.74) is 1.15. The van der Waals surface area contributed by atoms with E-state index in [2.05, 4.69) is 10.6 Å². The average molecular weight is 343 g/mol. The van der Waals surface area contributed by atoms with Gasteiger partial charge in [0.05, 0.1) is 31.5 Å². The number of rotatable bonds is 6. The van der Waals surface area contributed by atoms with Crippen LogP contribution in [0.5, 0.6) is 5.75 Å². The van der Waals surface area contributed by atoms with Crippen molar-refractivity contribution < 1.29 is 18.7 Å². The minimum atomic E-state index is -0.241. The zero-order chi connectivity index (χ0) is 17.6. The fraction of sp³-hybridized carbons (Fsp3) is 0.333. The van der Waals surface area contributed by atoms with Gasteiger partial charge in [-0.1, -0.05) is 0 Å². The summed E-state index contributed by atoms with van der Waals surface area (Å²) in [6, 6.07) is 8.84. The number of nitrogens with zero attached hydrogens (tertiary/aromatic N) is 1. The molecule has 1 aromatic heterocycles. The molecule has 2 aromatic rings. The van der Waals surface area contributed by atoms with Gasteiger partial charge in [-0.2, -0.15) is 0 Å². The van der Waals surface area contributed by atoms with Crippen LogP contribution in [0.25, 0.3) is 0 Å². The van der Waals surface area contributed by atoms with E-state index in [1.807, 2.05) is 24.0 Å². The van der Waals surface area contributed by atoms with E-state index in [-0.39, 0.29) is 11.8 Å². The molecule has 0 spiro atoms. The van der Waals surface area contributed by atoms with Gasteiger partial charge in [0.25, 0.3) is 5.91 Å². The van der Waals surface area contributed by atoms with Crippen LogP contribution in [0.15, 0.2) is 41.0 Å². The van der Waals surface area contributed by atoms with E-state index < -0.39 is 0 Å². The second kappa shape index (κ2) is 7.85. The molecule has 0 aliphatic carbocycles. The average Bonchev–Trinajstić information content (AvgIpc) is 3.05. The lowest BCUT2D eigenvalue weighted by atomic mass is 10.2. The molecule has 0 radical (unpaired) electrons. The molecule has 0 atom stereocenters. The SMILES string of the molecule is CCOc1ccc(NC(=O)c2ccoc2CN2CCNC(=O)C2)cc1. The second-order valence-electron chi connectivity index (χ2n) is 5.73. The van der Waals surface area contributed by atoms with Crippen molar-refractivity contribution in [2.45, 2.75) is 13.5 Å². The molecule has 2 N–H and O–H groups in total. The lowest BCUT2D eigenvalue weighted by Crippen LogP contribution is -2.47. The van der Waals surface area contributed by atoms with Crippen LogP contribution in [-0.2, 0) is 11.3 Å². The van der Waals surface area contributed by atoms with Crippen LogP contribution in [0.2, 0.25) is 0 Å². The van der Waals surface area contributed by atoms with E-state index in [1.54, 1.807) is 18.2 Å². The van der Waals surface area contributed by atoms with Crippen molar-refractivity contribution in [3.8, 4) is 5.75 Å². The summed E-state index contributed by atoms with van der Waals surface area (Å²) in [5.74, 6) is 1.05. The number of carbonyl (C=O) groups is 2. The Balaban J connectivity index is 1.64. The Kier molecular flexibility index (Phi) is 5.35. The van der Waals surface area contributed by atoms with Crippen molar-refractivity contribution in [3.05, 3.63) is 47.9 Å².